The minimum Gasteiger partial charge on any atom is -0.294 e. The van der Waals surface area contributed by atoms with Gasteiger partial charge in [-0.05, 0) is 36.1 Å². The van der Waals surface area contributed by atoms with Gasteiger partial charge in [0.1, 0.15) is 0 Å². The van der Waals surface area contributed by atoms with Gasteiger partial charge in [0.15, 0.2) is 0 Å². The number of aryl methyl sites for hydroxylation is 1. The van der Waals surface area contributed by atoms with E-state index in [9.17, 15) is 9.59 Å². The number of amides is 2. The van der Waals surface area contributed by atoms with E-state index in [1.807, 2.05) is 54.6 Å². The fraction of sp³-hybridized carbons (Fsp3) is 0.259. The highest BCUT2D eigenvalue weighted by molar-refractivity contribution is 6.22. The van der Waals surface area contributed by atoms with Crippen LogP contribution in [0.2, 0.25) is 0 Å². The van der Waals surface area contributed by atoms with Crippen LogP contribution in [0.3, 0.4) is 0 Å². The van der Waals surface area contributed by atoms with Gasteiger partial charge in [0.25, 0.3) is 0 Å². The van der Waals surface area contributed by atoms with Crippen molar-refractivity contribution >= 4 is 17.5 Å². The lowest BCUT2D eigenvalue weighted by Gasteiger charge is -2.29. The molecule has 2 unspecified atom stereocenters. The summed E-state index contributed by atoms with van der Waals surface area (Å²) in [6, 6.07) is 30.1. The first-order chi connectivity index (χ1) is 15.2. The Morgan fingerprint density at radius 2 is 1.29 bits per heavy atom. The zero-order chi connectivity index (χ0) is 21.2. The minimum absolute atomic E-state index is 0.0465. The average Bonchev–Trinajstić information content (AvgIpc) is 3.28. The molecule has 0 N–H and O–H groups in total. The van der Waals surface area contributed by atoms with Gasteiger partial charge in [0, 0.05) is 19.1 Å². The Labute approximate surface area is 183 Å². The molecule has 0 aromatic heterocycles. The van der Waals surface area contributed by atoms with Gasteiger partial charge in [-0.2, -0.15) is 0 Å². The zero-order valence-corrected chi connectivity index (χ0v) is 17.4. The second-order valence-electron chi connectivity index (χ2n) is 8.49. The number of likely N-dealkylation sites (tertiary alicyclic amines) is 1. The van der Waals surface area contributed by atoms with Gasteiger partial charge in [-0.25, -0.2) is 4.90 Å². The van der Waals surface area contributed by atoms with Crippen LogP contribution in [-0.4, -0.2) is 29.3 Å². The van der Waals surface area contributed by atoms with Crippen molar-refractivity contribution in [2.75, 3.05) is 11.4 Å². The molecule has 2 saturated heterocycles. The summed E-state index contributed by atoms with van der Waals surface area (Å²) in [5.41, 5.74) is 3.16. The van der Waals surface area contributed by atoms with Gasteiger partial charge in [0.05, 0.1) is 17.5 Å². The van der Waals surface area contributed by atoms with E-state index < -0.39 is 0 Å². The Morgan fingerprint density at radius 1 is 0.710 bits per heavy atom. The summed E-state index contributed by atoms with van der Waals surface area (Å²) in [4.78, 5) is 30.6. The molecule has 31 heavy (non-hydrogen) atoms. The van der Waals surface area contributed by atoms with E-state index in [2.05, 4.69) is 41.3 Å². The van der Waals surface area contributed by atoms with Gasteiger partial charge in [-0.1, -0.05) is 78.9 Å². The maximum Gasteiger partial charge on any atom is 0.239 e. The lowest BCUT2D eigenvalue weighted by Crippen LogP contribution is -2.41. The molecule has 0 aliphatic carbocycles. The van der Waals surface area contributed by atoms with Crippen molar-refractivity contribution in [2.45, 2.75) is 25.4 Å². The molecule has 156 valence electrons. The fourth-order valence-electron chi connectivity index (χ4n) is 5.14. The number of hydrogen-bond acceptors (Lipinski definition) is 3. The maximum absolute atomic E-state index is 13.5. The van der Waals surface area contributed by atoms with Crippen LogP contribution in [0, 0.1) is 11.8 Å². The third-order valence-corrected chi connectivity index (χ3v) is 6.61. The largest absolute Gasteiger partial charge is 0.294 e. The van der Waals surface area contributed by atoms with Crippen LogP contribution in [-0.2, 0) is 22.6 Å². The van der Waals surface area contributed by atoms with E-state index in [4.69, 9.17) is 0 Å². The summed E-state index contributed by atoms with van der Waals surface area (Å²) < 4.78 is 0. The van der Waals surface area contributed by atoms with Crippen LogP contribution in [0.5, 0.6) is 0 Å². The van der Waals surface area contributed by atoms with Crippen molar-refractivity contribution < 1.29 is 9.59 Å². The van der Waals surface area contributed by atoms with Crippen LogP contribution in [0.25, 0.3) is 0 Å². The number of hydrogen-bond donors (Lipinski definition) is 0. The van der Waals surface area contributed by atoms with E-state index in [0.717, 1.165) is 19.4 Å². The number of benzene rings is 3. The highest BCUT2D eigenvalue weighted by Gasteiger charge is 2.57. The molecule has 0 radical (unpaired) electrons. The molecule has 2 aliphatic rings. The summed E-state index contributed by atoms with van der Waals surface area (Å²) >= 11 is 0. The maximum atomic E-state index is 13.5. The molecule has 3 atom stereocenters. The van der Waals surface area contributed by atoms with Crippen molar-refractivity contribution in [2.24, 2.45) is 11.8 Å². The lowest BCUT2D eigenvalue weighted by atomic mass is 9.89. The van der Waals surface area contributed by atoms with Crippen LogP contribution >= 0.6 is 0 Å². The normalized spacial score (nSPS) is 23.4. The first kappa shape index (κ1) is 19.7. The Balaban J connectivity index is 1.42. The van der Waals surface area contributed by atoms with Gasteiger partial charge in [-0.3, -0.25) is 14.5 Å². The molecular formula is C27H26N2O2. The van der Waals surface area contributed by atoms with Crippen molar-refractivity contribution in [1.82, 2.24) is 4.90 Å². The quantitative estimate of drug-likeness (QED) is 0.569. The molecule has 0 spiro atoms. The van der Waals surface area contributed by atoms with Gasteiger partial charge in [-0.15, -0.1) is 0 Å². The van der Waals surface area contributed by atoms with E-state index in [-0.39, 0.29) is 29.7 Å². The summed E-state index contributed by atoms with van der Waals surface area (Å²) in [6.07, 6.45) is 1.76. The van der Waals surface area contributed by atoms with Crippen molar-refractivity contribution in [3.8, 4) is 0 Å². The smallest absolute Gasteiger partial charge is 0.239 e. The van der Waals surface area contributed by atoms with Gasteiger partial charge < -0.3 is 0 Å². The van der Waals surface area contributed by atoms with E-state index in [0.29, 0.717) is 12.2 Å². The highest BCUT2D eigenvalue weighted by atomic mass is 16.2. The molecule has 5 rings (SSSR count). The number of para-hydroxylation sites is 1. The first-order valence-corrected chi connectivity index (χ1v) is 11.0. The molecular weight excluding hydrogens is 384 g/mol. The molecule has 0 bridgehead atoms. The predicted octanol–water partition coefficient (Wildman–Crippen LogP) is 4.31. The van der Waals surface area contributed by atoms with Crippen LogP contribution in [0.4, 0.5) is 5.69 Å². The number of imide groups is 1. The van der Waals surface area contributed by atoms with E-state index >= 15 is 0 Å². The standard InChI is InChI=1S/C27H26N2O2/c30-26-23-19-28(18-21-12-6-2-7-13-21)24(17-16-20-10-4-1-5-11-20)25(23)27(31)29(26)22-14-8-3-9-15-22/h1-15,23-25H,16-19H2/t23?,24-,25?/m1/s1. The zero-order valence-electron chi connectivity index (χ0n) is 17.4. The van der Waals surface area contributed by atoms with E-state index in [1.54, 1.807) is 0 Å². The summed E-state index contributed by atoms with van der Waals surface area (Å²) in [6.45, 7) is 1.39. The molecule has 3 aromatic carbocycles. The second-order valence-corrected chi connectivity index (χ2v) is 8.49. The third kappa shape index (κ3) is 3.79. The highest BCUT2D eigenvalue weighted by Crippen LogP contribution is 2.42. The molecule has 3 aromatic rings. The van der Waals surface area contributed by atoms with Crippen molar-refractivity contribution in [1.29, 1.82) is 0 Å². The molecule has 2 aliphatic heterocycles. The second kappa shape index (κ2) is 8.48. The van der Waals surface area contributed by atoms with E-state index in [1.165, 1.54) is 16.0 Å². The Kier molecular flexibility index (Phi) is 5.39. The molecule has 2 amide bonds. The van der Waals surface area contributed by atoms with Crippen LogP contribution in [0.1, 0.15) is 17.5 Å². The topological polar surface area (TPSA) is 40.6 Å². The SMILES string of the molecule is O=C1C2CN(Cc3ccccc3)[C@H](CCc3ccccc3)C2C(=O)N1c1ccccc1. The first-order valence-electron chi connectivity index (χ1n) is 11.0. The molecule has 4 nitrogen and oxygen atoms in total. The Bertz CT molecular complexity index is 1050. The molecule has 2 heterocycles. The lowest BCUT2D eigenvalue weighted by molar-refractivity contribution is -0.123. The monoisotopic (exact) mass is 410 g/mol. The Hall–Kier alpha value is -3.24. The molecule has 2 fully saturated rings. The van der Waals surface area contributed by atoms with Crippen molar-refractivity contribution in [3.63, 3.8) is 0 Å². The summed E-state index contributed by atoms with van der Waals surface area (Å²) in [5, 5.41) is 0. The number of fused-ring (bicyclic) bond motifs is 1. The molecule has 4 heteroatoms. The Morgan fingerprint density at radius 3 is 1.94 bits per heavy atom. The van der Waals surface area contributed by atoms with Crippen molar-refractivity contribution in [3.05, 3.63) is 102 Å². The van der Waals surface area contributed by atoms with Gasteiger partial charge >= 0.3 is 0 Å². The van der Waals surface area contributed by atoms with Gasteiger partial charge in [0.2, 0.25) is 11.8 Å². The number of rotatable bonds is 6. The van der Waals surface area contributed by atoms with Crippen LogP contribution in [0.15, 0.2) is 91.0 Å². The number of nitrogens with zero attached hydrogens (tertiary/aromatic N) is 2. The average molecular weight is 411 g/mol. The number of anilines is 1. The number of carbonyl (C=O) groups excluding carboxylic acids is 2. The minimum atomic E-state index is -0.278. The summed E-state index contributed by atoms with van der Waals surface area (Å²) in [5.74, 6) is -0.645. The predicted molar refractivity (Wildman–Crippen MR) is 121 cm³/mol. The fourth-order valence-corrected chi connectivity index (χ4v) is 5.14. The number of carbonyl (C=O) groups is 2. The molecule has 0 saturated carbocycles. The van der Waals surface area contributed by atoms with Crippen LogP contribution < -0.4 is 4.90 Å². The summed E-state index contributed by atoms with van der Waals surface area (Å²) in [7, 11) is 0. The third-order valence-electron chi connectivity index (χ3n) is 6.61.